The summed E-state index contributed by atoms with van der Waals surface area (Å²) in [6, 6.07) is 15.3. The van der Waals surface area contributed by atoms with Gasteiger partial charge in [-0.15, -0.1) is 0 Å². The van der Waals surface area contributed by atoms with E-state index in [0.717, 1.165) is 0 Å². The number of methoxy groups -OCH3 is 1. The molecule has 1 saturated heterocycles. The number of morpholine rings is 1. The number of nitrogens with zero attached hydrogens (tertiary/aromatic N) is 1. The van der Waals surface area contributed by atoms with Gasteiger partial charge in [0.25, 0.3) is 0 Å². The predicted octanol–water partition coefficient (Wildman–Crippen LogP) is 2.75. The molecule has 3 rings (SSSR count). The summed E-state index contributed by atoms with van der Waals surface area (Å²) in [4.78, 5) is 25.6. The van der Waals surface area contributed by atoms with Crippen molar-refractivity contribution < 1.29 is 28.5 Å². The second kappa shape index (κ2) is 9.05. The zero-order valence-electron chi connectivity index (χ0n) is 15.0. The van der Waals surface area contributed by atoms with Crippen molar-refractivity contribution in [2.75, 3.05) is 33.5 Å². The molecule has 0 saturated carbocycles. The highest BCUT2D eigenvalue weighted by Crippen LogP contribution is 2.17. The molecule has 7 nitrogen and oxygen atoms in total. The summed E-state index contributed by atoms with van der Waals surface area (Å²) in [7, 11) is 1.33. The number of hydrogen-bond donors (Lipinski definition) is 0. The van der Waals surface area contributed by atoms with Crippen LogP contribution in [0.25, 0.3) is 0 Å². The van der Waals surface area contributed by atoms with Gasteiger partial charge < -0.3 is 18.9 Å². The number of rotatable bonds is 5. The molecule has 0 spiro atoms. The Bertz CT molecular complexity index is 762. The van der Waals surface area contributed by atoms with Crippen LogP contribution in [0.15, 0.2) is 54.6 Å². The molecule has 2 aromatic rings. The van der Waals surface area contributed by atoms with E-state index < -0.39 is 12.1 Å². The fraction of sp³-hybridized carbons (Fsp3) is 0.300. The van der Waals surface area contributed by atoms with E-state index >= 15 is 0 Å². The summed E-state index contributed by atoms with van der Waals surface area (Å²) in [6.07, 6.45) is -0.431. The molecule has 27 heavy (non-hydrogen) atoms. The smallest absolute Gasteiger partial charge is 0.415 e. The fourth-order valence-electron chi connectivity index (χ4n) is 2.68. The molecule has 1 fully saturated rings. The van der Waals surface area contributed by atoms with Crippen LogP contribution >= 0.6 is 0 Å². The zero-order chi connectivity index (χ0) is 19.1. The van der Waals surface area contributed by atoms with Gasteiger partial charge in [-0.3, -0.25) is 4.90 Å². The number of ether oxygens (including phenoxy) is 4. The molecule has 1 aliphatic rings. The van der Waals surface area contributed by atoms with Crippen LogP contribution in [0.2, 0.25) is 0 Å². The largest absolute Gasteiger partial charge is 0.491 e. The summed E-state index contributed by atoms with van der Waals surface area (Å²) in [5.74, 6) is 0.675. The Hall–Kier alpha value is -3.06. The molecule has 0 aliphatic carbocycles. The lowest BCUT2D eigenvalue weighted by molar-refractivity contribution is -0.0129. The third kappa shape index (κ3) is 4.98. The second-order valence-electron chi connectivity index (χ2n) is 5.93. The predicted molar refractivity (Wildman–Crippen MR) is 97.1 cm³/mol. The molecule has 1 amide bonds. The summed E-state index contributed by atoms with van der Waals surface area (Å²) in [5.41, 5.74) is 0.443. The van der Waals surface area contributed by atoms with Crippen molar-refractivity contribution in [3.63, 3.8) is 0 Å². The maximum Gasteiger partial charge on any atom is 0.415 e. The van der Waals surface area contributed by atoms with Crippen molar-refractivity contribution in [3.05, 3.63) is 60.2 Å². The van der Waals surface area contributed by atoms with E-state index in [9.17, 15) is 9.59 Å². The number of carbonyl (C=O) groups excluding carboxylic acids is 2. The van der Waals surface area contributed by atoms with Gasteiger partial charge in [-0.2, -0.15) is 0 Å². The number of hydrogen-bond acceptors (Lipinski definition) is 6. The lowest BCUT2D eigenvalue weighted by atomic mass is 10.2. The van der Waals surface area contributed by atoms with Gasteiger partial charge in [0.15, 0.2) is 0 Å². The summed E-state index contributed by atoms with van der Waals surface area (Å²) >= 11 is 0. The molecule has 1 heterocycles. The summed E-state index contributed by atoms with van der Waals surface area (Å²) < 4.78 is 21.3. The molecule has 142 valence electrons. The van der Waals surface area contributed by atoms with Crippen LogP contribution in [0.4, 0.5) is 4.79 Å². The third-order valence-corrected chi connectivity index (χ3v) is 4.13. The monoisotopic (exact) mass is 371 g/mol. The topological polar surface area (TPSA) is 74.3 Å². The van der Waals surface area contributed by atoms with Crippen molar-refractivity contribution in [1.29, 1.82) is 0 Å². The van der Waals surface area contributed by atoms with Crippen LogP contribution in [0.5, 0.6) is 11.5 Å². The van der Waals surface area contributed by atoms with Crippen LogP contribution in [0.3, 0.4) is 0 Å². The molecular weight excluding hydrogens is 350 g/mol. The van der Waals surface area contributed by atoms with Gasteiger partial charge in [-0.05, 0) is 36.4 Å². The summed E-state index contributed by atoms with van der Waals surface area (Å²) in [5, 5.41) is 0. The molecule has 2 aromatic carbocycles. The molecular formula is C20H21NO6. The van der Waals surface area contributed by atoms with Gasteiger partial charge in [0.2, 0.25) is 0 Å². The lowest BCUT2D eigenvalue weighted by Gasteiger charge is -2.34. The standard InChI is InChI=1S/C20H21NO6/c1-24-19(22)15-7-9-17(10-8-15)26-14-16-13-25-12-11-21(16)20(23)27-18-5-3-2-4-6-18/h2-10,16H,11-14H2,1H3/t16-/m0/s1. The van der Waals surface area contributed by atoms with Gasteiger partial charge in [0, 0.05) is 6.54 Å². The number of para-hydroxylation sites is 1. The second-order valence-corrected chi connectivity index (χ2v) is 5.93. The average molecular weight is 371 g/mol. The lowest BCUT2D eigenvalue weighted by Crippen LogP contribution is -2.52. The van der Waals surface area contributed by atoms with Gasteiger partial charge >= 0.3 is 12.1 Å². The Morgan fingerprint density at radius 2 is 1.81 bits per heavy atom. The number of amides is 1. The highest BCUT2D eigenvalue weighted by atomic mass is 16.6. The first-order valence-electron chi connectivity index (χ1n) is 8.60. The van der Waals surface area contributed by atoms with E-state index in [4.69, 9.17) is 14.2 Å². The average Bonchev–Trinajstić information content (AvgIpc) is 2.73. The minimum atomic E-state index is -0.431. The van der Waals surface area contributed by atoms with Crippen molar-refractivity contribution in [1.82, 2.24) is 4.90 Å². The third-order valence-electron chi connectivity index (χ3n) is 4.13. The molecule has 0 unspecified atom stereocenters. The minimum absolute atomic E-state index is 0.251. The maximum atomic E-state index is 12.5. The molecule has 0 bridgehead atoms. The molecule has 0 N–H and O–H groups in total. The zero-order valence-corrected chi connectivity index (χ0v) is 15.0. The molecule has 0 aromatic heterocycles. The highest BCUT2D eigenvalue weighted by Gasteiger charge is 2.29. The molecule has 0 radical (unpaired) electrons. The Labute approximate surface area is 157 Å². The van der Waals surface area contributed by atoms with Gasteiger partial charge in [0.05, 0.1) is 31.9 Å². The fourth-order valence-corrected chi connectivity index (χ4v) is 2.68. The van der Waals surface area contributed by atoms with Crippen molar-refractivity contribution in [3.8, 4) is 11.5 Å². The van der Waals surface area contributed by atoms with Crippen LogP contribution in [0.1, 0.15) is 10.4 Å². The minimum Gasteiger partial charge on any atom is -0.491 e. The van der Waals surface area contributed by atoms with Crippen LogP contribution in [-0.4, -0.2) is 56.5 Å². The first-order chi connectivity index (χ1) is 13.2. The number of benzene rings is 2. The Morgan fingerprint density at radius 3 is 2.52 bits per heavy atom. The van der Waals surface area contributed by atoms with E-state index in [-0.39, 0.29) is 12.6 Å². The van der Waals surface area contributed by atoms with Crippen molar-refractivity contribution in [2.45, 2.75) is 6.04 Å². The maximum absolute atomic E-state index is 12.5. The molecule has 1 atom stereocenters. The molecule has 7 heteroatoms. The number of esters is 1. The van der Waals surface area contributed by atoms with E-state index in [2.05, 4.69) is 4.74 Å². The van der Waals surface area contributed by atoms with E-state index in [0.29, 0.717) is 36.8 Å². The Morgan fingerprint density at radius 1 is 1.07 bits per heavy atom. The Balaban J connectivity index is 1.58. The van der Waals surface area contributed by atoms with E-state index in [1.54, 1.807) is 53.4 Å². The summed E-state index contributed by atoms with van der Waals surface area (Å²) in [6.45, 7) is 1.50. The SMILES string of the molecule is COC(=O)c1ccc(OC[C@@H]2COCCN2C(=O)Oc2ccccc2)cc1. The van der Waals surface area contributed by atoms with Crippen LogP contribution < -0.4 is 9.47 Å². The van der Waals surface area contributed by atoms with Gasteiger partial charge in [-0.1, -0.05) is 18.2 Å². The normalized spacial score (nSPS) is 16.5. The van der Waals surface area contributed by atoms with Crippen LogP contribution in [0, 0.1) is 0 Å². The van der Waals surface area contributed by atoms with Crippen molar-refractivity contribution in [2.24, 2.45) is 0 Å². The van der Waals surface area contributed by atoms with Crippen LogP contribution in [-0.2, 0) is 9.47 Å². The first-order valence-corrected chi connectivity index (χ1v) is 8.60. The molecule has 1 aliphatic heterocycles. The van der Waals surface area contributed by atoms with Gasteiger partial charge in [-0.25, -0.2) is 9.59 Å². The van der Waals surface area contributed by atoms with E-state index in [1.165, 1.54) is 7.11 Å². The van der Waals surface area contributed by atoms with E-state index in [1.807, 2.05) is 6.07 Å². The quantitative estimate of drug-likeness (QED) is 0.753. The Kier molecular flexibility index (Phi) is 6.27. The van der Waals surface area contributed by atoms with Gasteiger partial charge in [0.1, 0.15) is 18.1 Å². The highest BCUT2D eigenvalue weighted by molar-refractivity contribution is 5.89. The van der Waals surface area contributed by atoms with Crippen molar-refractivity contribution >= 4 is 12.1 Å². The first kappa shape index (κ1) is 18.7. The number of carbonyl (C=O) groups is 2.